The van der Waals surface area contributed by atoms with Gasteiger partial charge in [-0.15, -0.1) is 0 Å². The van der Waals surface area contributed by atoms with Crippen molar-refractivity contribution in [3.8, 4) is 11.6 Å². The molecule has 0 unspecified atom stereocenters. The number of anilines is 1. The molecule has 100 valence electrons. The zero-order valence-electron chi connectivity index (χ0n) is 11.9. The Morgan fingerprint density at radius 1 is 1.16 bits per heavy atom. The van der Waals surface area contributed by atoms with Gasteiger partial charge in [-0.1, -0.05) is 13.8 Å². The molecule has 1 aromatic carbocycles. The molecule has 2 N–H and O–H groups in total. The summed E-state index contributed by atoms with van der Waals surface area (Å²) in [6.45, 7) is 8.25. The van der Waals surface area contributed by atoms with Crippen molar-refractivity contribution in [1.82, 2.24) is 4.98 Å². The lowest BCUT2D eigenvalue weighted by Gasteiger charge is -2.15. The second-order valence-electron chi connectivity index (χ2n) is 5.17. The van der Waals surface area contributed by atoms with Crippen LogP contribution in [0.5, 0.6) is 11.6 Å². The minimum absolute atomic E-state index is 0.350. The summed E-state index contributed by atoms with van der Waals surface area (Å²) in [5.74, 6) is 1.80. The van der Waals surface area contributed by atoms with Crippen molar-refractivity contribution >= 4 is 5.69 Å². The van der Waals surface area contributed by atoms with Gasteiger partial charge in [0.25, 0.3) is 0 Å². The number of nitrogens with two attached hydrogens (primary N) is 1. The molecule has 0 fully saturated rings. The summed E-state index contributed by atoms with van der Waals surface area (Å²) in [4.78, 5) is 4.23. The quantitative estimate of drug-likeness (QED) is 0.837. The lowest BCUT2D eigenvalue weighted by Crippen LogP contribution is -1.99. The molecule has 0 saturated carbocycles. The topological polar surface area (TPSA) is 48.1 Å². The predicted octanol–water partition coefficient (Wildman–Crippen LogP) is 4.20. The maximum Gasteiger partial charge on any atom is 0.219 e. The van der Waals surface area contributed by atoms with E-state index in [0.29, 0.717) is 11.8 Å². The fraction of sp³-hybridized carbons (Fsp3) is 0.312. The lowest BCUT2D eigenvalue weighted by molar-refractivity contribution is 0.454. The Hall–Kier alpha value is -2.03. The van der Waals surface area contributed by atoms with Gasteiger partial charge in [-0.3, -0.25) is 0 Å². The molecule has 1 heterocycles. The minimum Gasteiger partial charge on any atom is -0.439 e. The number of pyridine rings is 1. The SMILES string of the molecule is Cc1ccnc(Oc2cc(C)c(N)cc2C(C)C)c1. The number of hydrogen-bond donors (Lipinski definition) is 1. The first-order chi connectivity index (χ1) is 8.97. The highest BCUT2D eigenvalue weighted by Gasteiger charge is 2.12. The fourth-order valence-electron chi connectivity index (χ4n) is 1.93. The van der Waals surface area contributed by atoms with Gasteiger partial charge < -0.3 is 10.5 Å². The molecule has 0 aliphatic heterocycles. The molecule has 3 heteroatoms. The summed E-state index contributed by atoms with van der Waals surface area (Å²) in [6.07, 6.45) is 1.75. The van der Waals surface area contributed by atoms with Crippen LogP contribution in [0.3, 0.4) is 0 Å². The number of benzene rings is 1. The summed E-state index contributed by atoms with van der Waals surface area (Å²) < 4.78 is 5.92. The summed E-state index contributed by atoms with van der Waals surface area (Å²) >= 11 is 0. The van der Waals surface area contributed by atoms with Crippen LogP contribution in [0, 0.1) is 13.8 Å². The minimum atomic E-state index is 0.350. The molecule has 3 nitrogen and oxygen atoms in total. The molecule has 1 aromatic heterocycles. The van der Waals surface area contributed by atoms with Gasteiger partial charge in [0.1, 0.15) is 5.75 Å². The first kappa shape index (κ1) is 13.4. The largest absolute Gasteiger partial charge is 0.439 e. The zero-order valence-corrected chi connectivity index (χ0v) is 11.9. The maximum atomic E-state index is 5.97. The van der Waals surface area contributed by atoms with Crippen LogP contribution < -0.4 is 10.5 Å². The number of aryl methyl sites for hydroxylation is 2. The highest BCUT2D eigenvalue weighted by molar-refractivity contribution is 5.55. The van der Waals surface area contributed by atoms with Crippen LogP contribution in [0.1, 0.15) is 36.5 Å². The third-order valence-corrected chi connectivity index (χ3v) is 3.13. The van der Waals surface area contributed by atoms with Crippen LogP contribution in [-0.2, 0) is 0 Å². The fourth-order valence-corrected chi connectivity index (χ4v) is 1.93. The third kappa shape index (κ3) is 3.05. The van der Waals surface area contributed by atoms with Crippen LogP contribution in [0.15, 0.2) is 30.5 Å². The normalized spacial score (nSPS) is 10.8. The van der Waals surface area contributed by atoms with Crippen molar-refractivity contribution < 1.29 is 4.74 Å². The van der Waals surface area contributed by atoms with Crippen molar-refractivity contribution in [2.24, 2.45) is 0 Å². The van der Waals surface area contributed by atoms with Crippen LogP contribution in [-0.4, -0.2) is 4.98 Å². The van der Waals surface area contributed by atoms with Crippen molar-refractivity contribution in [2.75, 3.05) is 5.73 Å². The Morgan fingerprint density at radius 2 is 1.89 bits per heavy atom. The average Bonchev–Trinajstić information content (AvgIpc) is 2.33. The maximum absolute atomic E-state index is 5.97. The number of aromatic nitrogens is 1. The van der Waals surface area contributed by atoms with Gasteiger partial charge >= 0.3 is 0 Å². The van der Waals surface area contributed by atoms with E-state index in [1.54, 1.807) is 6.20 Å². The Labute approximate surface area is 114 Å². The summed E-state index contributed by atoms with van der Waals surface area (Å²) in [5.41, 5.74) is 10.0. The van der Waals surface area contributed by atoms with E-state index in [-0.39, 0.29) is 0 Å². The summed E-state index contributed by atoms with van der Waals surface area (Å²) in [5, 5.41) is 0. The highest BCUT2D eigenvalue weighted by Crippen LogP contribution is 2.33. The van der Waals surface area contributed by atoms with Crippen LogP contribution >= 0.6 is 0 Å². The number of nitrogen functional groups attached to an aromatic ring is 1. The van der Waals surface area contributed by atoms with E-state index in [2.05, 4.69) is 18.8 Å². The molecule has 0 spiro atoms. The Morgan fingerprint density at radius 3 is 2.53 bits per heavy atom. The molecule has 0 atom stereocenters. The van der Waals surface area contributed by atoms with Crippen LogP contribution in [0.4, 0.5) is 5.69 Å². The molecule has 0 bridgehead atoms. The first-order valence-corrected chi connectivity index (χ1v) is 6.48. The molecule has 0 saturated heterocycles. The predicted molar refractivity (Wildman–Crippen MR) is 78.7 cm³/mol. The average molecular weight is 256 g/mol. The van der Waals surface area contributed by atoms with Gasteiger partial charge in [0, 0.05) is 18.0 Å². The number of ether oxygens (including phenoxy) is 1. The van der Waals surface area contributed by atoms with E-state index in [4.69, 9.17) is 10.5 Å². The van der Waals surface area contributed by atoms with E-state index in [1.165, 1.54) is 0 Å². The summed E-state index contributed by atoms with van der Waals surface area (Å²) in [7, 11) is 0. The van der Waals surface area contributed by atoms with Crippen LogP contribution in [0.25, 0.3) is 0 Å². The Bertz CT molecular complexity index is 591. The molecule has 0 radical (unpaired) electrons. The van der Waals surface area contributed by atoms with Gasteiger partial charge in [0.15, 0.2) is 0 Å². The monoisotopic (exact) mass is 256 g/mol. The second-order valence-corrected chi connectivity index (χ2v) is 5.17. The van der Waals surface area contributed by atoms with Crippen molar-refractivity contribution in [1.29, 1.82) is 0 Å². The van der Waals surface area contributed by atoms with E-state index in [9.17, 15) is 0 Å². The van der Waals surface area contributed by atoms with Gasteiger partial charge in [-0.2, -0.15) is 0 Å². The molecule has 0 aliphatic carbocycles. The molecular weight excluding hydrogens is 236 g/mol. The van der Waals surface area contributed by atoms with E-state index >= 15 is 0 Å². The van der Waals surface area contributed by atoms with E-state index in [0.717, 1.165) is 28.1 Å². The summed E-state index contributed by atoms with van der Waals surface area (Å²) in [6, 6.07) is 7.85. The van der Waals surface area contributed by atoms with Crippen molar-refractivity contribution in [3.63, 3.8) is 0 Å². The first-order valence-electron chi connectivity index (χ1n) is 6.48. The Balaban J connectivity index is 2.41. The molecule has 19 heavy (non-hydrogen) atoms. The van der Waals surface area contributed by atoms with E-state index in [1.807, 2.05) is 38.1 Å². The molecule has 0 aliphatic rings. The number of rotatable bonds is 3. The number of hydrogen-bond acceptors (Lipinski definition) is 3. The van der Waals surface area contributed by atoms with Gasteiger partial charge in [-0.25, -0.2) is 4.98 Å². The molecular formula is C16H20N2O. The van der Waals surface area contributed by atoms with Crippen LogP contribution in [0.2, 0.25) is 0 Å². The molecule has 0 amide bonds. The number of nitrogens with zero attached hydrogens (tertiary/aromatic N) is 1. The zero-order chi connectivity index (χ0) is 14.0. The molecule has 2 rings (SSSR count). The van der Waals surface area contributed by atoms with Gasteiger partial charge in [0.2, 0.25) is 5.88 Å². The van der Waals surface area contributed by atoms with Gasteiger partial charge in [-0.05, 0) is 54.7 Å². The smallest absolute Gasteiger partial charge is 0.219 e. The van der Waals surface area contributed by atoms with E-state index < -0.39 is 0 Å². The molecule has 2 aromatic rings. The lowest BCUT2D eigenvalue weighted by atomic mass is 9.99. The standard InChI is InChI=1S/C16H20N2O/c1-10(2)13-9-14(17)12(4)8-15(13)19-16-7-11(3)5-6-18-16/h5-10H,17H2,1-4H3. The van der Waals surface area contributed by atoms with Gasteiger partial charge in [0.05, 0.1) is 0 Å². The highest BCUT2D eigenvalue weighted by atomic mass is 16.5. The Kier molecular flexibility index (Phi) is 3.74. The second kappa shape index (κ2) is 5.31. The third-order valence-electron chi connectivity index (χ3n) is 3.13. The van der Waals surface area contributed by atoms with Crippen molar-refractivity contribution in [3.05, 3.63) is 47.2 Å². The van der Waals surface area contributed by atoms with Crippen molar-refractivity contribution in [2.45, 2.75) is 33.6 Å².